The molecule has 0 amide bonds. The van der Waals surface area contributed by atoms with Gasteiger partial charge in [-0.2, -0.15) is 0 Å². The Balaban J connectivity index is 2.10. The molecule has 0 fully saturated rings. The van der Waals surface area contributed by atoms with Gasteiger partial charge in [-0.1, -0.05) is 17.7 Å². The third-order valence-corrected chi connectivity index (χ3v) is 4.45. The van der Waals surface area contributed by atoms with E-state index in [4.69, 9.17) is 4.74 Å². The molecular formula is C18H20O2S. The van der Waals surface area contributed by atoms with E-state index in [-0.39, 0.29) is 5.78 Å². The van der Waals surface area contributed by atoms with Crippen LogP contribution in [0.4, 0.5) is 0 Å². The number of rotatable bonds is 5. The summed E-state index contributed by atoms with van der Waals surface area (Å²) in [4.78, 5) is 13.5. The Hall–Kier alpha value is -1.74. The first kappa shape index (κ1) is 15.6. The summed E-state index contributed by atoms with van der Waals surface area (Å²) in [6.45, 7) is 5.97. The van der Waals surface area contributed by atoms with Crippen LogP contribution < -0.4 is 4.74 Å². The van der Waals surface area contributed by atoms with Crippen molar-refractivity contribution in [3.05, 3.63) is 58.7 Å². The average molecular weight is 300 g/mol. The summed E-state index contributed by atoms with van der Waals surface area (Å²) in [6.07, 6.45) is 0. The largest absolute Gasteiger partial charge is 0.496 e. The highest BCUT2D eigenvalue weighted by atomic mass is 32.2. The molecule has 0 unspecified atom stereocenters. The monoisotopic (exact) mass is 300 g/mol. The summed E-state index contributed by atoms with van der Waals surface area (Å²) in [5.74, 6) is 1.44. The average Bonchev–Trinajstić information content (AvgIpc) is 2.48. The van der Waals surface area contributed by atoms with Crippen LogP contribution >= 0.6 is 11.8 Å². The molecule has 21 heavy (non-hydrogen) atoms. The van der Waals surface area contributed by atoms with Crippen LogP contribution in [0.25, 0.3) is 0 Å². The highest BCUT2D eigenvalue weighted by molar-refractivity contribution is 8.00. The zero-order chi connectivity index (χ0) is 15.4. The fraction of sp³-hybridized carbons (Fsp3) is 0.278. The van der Waals surface area contributed by atoms with Crippen LogP contribution in [0.2, 0.25) is 0 Å². The number of Topliss-reactive ketones (excluding diaryl/α,β-unsaturated/α-hetero) is 1. The molecule has 2 rings (SSSR count). The Morgan fingerprint density at radius 2 is 1.71 bits per heavy atom. The molecule has 110 valence electrons. The van der Waals surface area contributed by atoms with E-state index in [1.165, 1.54) is 5.56 Å². The molecule has 2 aromatic rings. The highest BCUT2D eigenvalue weighted by Gasteiger charge is 2.12. The zero-order valence-electron chi connectivity index (χ0n) is 12.9. The molecule has 0 radical (unpaired) electrons. The standard InChI is InChI=1S/C18H20O2S/c1-12-5-7-15(8-6-12)21-11-17(19)16-9-14(3)18(20-4)10-13(16)2/h5-10H,11H2,1-4H3. The lowest BCUT2D eigenvalue weighted by Crippen LogP contribution is -2.06. The first-order chi connectivity index (χ1) is 10.0. The van der Waals surface area contributed by atoms with E-state index in [0.717, 1.165) is 27.3 Å². The van der Waals surface area contributed by atoms with E-state index in [9.17, 15) is 4.79 Å². The lowest BCUT2D eigenvalue weighted by atomic mass is 10.0. The van der Waals surface area contributed by atoms with Crippen molar-refractivity contribution in [3.8, 4) is 5.75 Å². The van der Waals surface area contributed by atoms with Crippen LogP contribution in [0.15, 0.2) is 41.3 Å². The van der Waals surface area contributed by atoms with Crippen LogP contribution in [0, 0.1) is 20.8 Å². The Labute approximate surface area is 130 Å². The Morgan fingerprint density at radius 3 is 2.33 bits per heavy atom. The van der Waals surface area contributed by atoms with Gasteiger partial charge >= 0.3 is 0 Å². The molecule has 0 spiro atoms. The number of aryl methyl sites for hydroxylation is 3. The fourth-order valence-electron chi connectivity index (χ4n) is 2.17. The summed E-state index contributed by atoms with van der Waals surface area (Å²) in [6, 6.07) is 12.1. The van der Waals surface area contributed by atoms with Crippen molar-refractivity contribution in [2.45, 2.75) is 25.7 Å². The molecule has 0 aliphatic heterocycles. The maximum atomic E-state index is 12.4. The van der Waals surface area contributed by atoms with Crippen LogP contribution in [-0.2, 0) is 0 Å². The van der Waals surface area contributed by atoms with Crippen LogP contribution in [0.1, 0.15) is 27.0 Å². The molecule has 0 atom stereocenters. The molecule has 0 saturated heterocycles. The van der Waals surface area contributed by atoms with Crippen molar-refractivity contribution in [3.63, 3.8) is 0 Å². The normalized spacial score (nSPS) is 10.5. The van der Waals surface area contributed by atoms with Gasteiger partial charge in [-0.05, 0) is 56.2 Å². The van der Waals surface area contributed by atoms with Crippen LogP contribution in [0.5, 0.6) is 5.75 Å². The third kappa shape index (κ3) is 3.88. The Morgan fingerprint density at radius 1 is 1.05 bits per heavy atom. The lowest BCUT2D eigenvalue weighted by Gasteiger charge is -2.10. The molecule has 0 N–H and O–H groups in total. The number of ketones is 1. The molecule has 0 aliphatic carbocycles. The van der Waals surface area contributed by atoms with Crippen molar-refractivity contribution >= 4 is 17.5 Å². The van der Waals surface area contributed by atoms with Gasteiger partial charge in [0.25, 0.3) is 0 Å². The smallest absolute Gasteiger partial charge is 0.173 e. The van der Waals surface area contributed by atoms with Gasteiger partial charge in [0, 0.05) is 10.5 Å². The van der Waals surface area contributed by atoms with E-state index in [1.54, 1.807) is 18.9 Å². The van der Waals surface area contributed by atoms with E-state index >= 15 is 0 Å². The van der Waals surface area contributed by atoms with Gasteiger partial charge in [0.15, 0.2) is 5.78 Å². The van der Waals surface area contributed by atoms with Gasteiger partial charge < -0.3 is 4.74 Å². The minimum atomic E-state index is 0.156. The Kier molecular flexibility index (Phi) is 5.07. The molecule has 0 heterocycles. The minimum absolute atomic E-state index is 0.156. The number of methoxy groups -OCH3 is 1. The number of carbonyl (C=O) groups is 1. The first-order valence-corrected chi connectivity index (χ1v) is 7.87. The second-order valence-corrected chi connectivity index (χ2v) is 6.21. The van der Waals surface area contributed by atoms with Crippen molar-refractivity contribution in [1.29, 1.82) is 0 Å². The third-order valence-electron chi connectivity index (χ3n) is 3.43. The molecule has 3 heteroatoms. The molecule has 0 bridgehead atoms. The molecule has 0 saturated carbocycles. The first-order valence-electron chi connectivity index (χ1n) is 6.89. The van der Waals surface area contributed by atoms with Crippen LogP contribution in [-0.4, -0.2) is 18.6 Å². The second kappa shape index (κ2) is 6.81. The van der Waals surface area contributed by atoms with Gasteiger partial charge in [-0.3, -0.25) is 4.79 Å². The number of hydrogen-bond acceptors (Lipinski definition) is 3. The summed E-state index contributed by atoms with van der Waals surface area (Å²) in [5.41, 5.74) is 3.97. The minimum Gasteiger partial charge on any atom is -0.496 e. The molecule has 2 aromatic carbocycles. The topological polar surface area (TPSA) is 26.3 Å². The second-order valence-electron chi connectivity index (χ2n) is 5.16. The summed E-state index contributed by atoms with van der Waals surface area (Å²) < 4.78 is 5.28. The van der Waals surface area contributed by atoms with E-state index in [2.05, 4.69) is 31.2 Å². The number of hydrogen-bond donors (Lipinski definition) is 0. The summed E-state index contributed by atoms with van der Waals surface area (Å²) >= 11 is 1.58. The fourth-order valence-corrected chi connectivity index (χ4v) is 2.95. The highest BCUT2D eigenvalue weighted by Crippen LogP contribution is 2.25. The SMILES string of the molecule is COc1cc(C)c(C(=O)CSc2ccc(C)cc2)cc1C. The maximum absolute atomic E-state index is 12.4. The van der Waals surface area contributed by atoms with Gasteiger partial charge in [0.1, 0.15) is 5.75 Å². The molecular weight excluding hydrogens is 280 g/mol. The van der Waals surface area contributed by atoms with Gasteiger partial charge in [-0.15, -0.1) is 11.8 Å². The lowest BCUT2D eigenvalue weighted by molar-refractivity contribution is 0.102. The number of carbonyl (C=O) groups excluding carboxylic acids is 1. The van der Waals surface area contributed by atoms with E-state index in [1.807, 2.05) is 26.0 Å². The summed E-state index contributed by atoms with van der Waals surface area (Å²) in [7, 11) is 1.65. The number of ether oxygens (including phenoxy) is 1. The molecule has 2 nitrogen and oxygen atoms in total. The van der Waals surface area contributed by atoms with E-state index < -0.39 is 0 Å². The summed E-state index contributed by atoms with van der Waals surface area (Å²) in [5, 5.41) is 0. The molecule has 0 aromatic heterocycles. The van der Waals surface area contributed by atoms with Crippen molar-refractivity contribution in [1.82, 2.24) is 0 Å². The number of thioether (sulfide) groups is 1. The van der Waals surface area contributed by atoms with Crippen molar-refractivity contribution in [2.75, 3.05) is 12.9 Å². The van der Waals surface area contributed by atoms with Gasteiger partial charge in [-0.25, -0.2) is 0 Å². The Bertz CT molecular complexity index is 645. The van der Waals surface area contributed by atoms with Gasteiger partial charge in [0.2, 0.25) is 0 Å². The predicted octanol–water partition coefficient (Wildman–Crippen LogP) is 4.60. The van der Waals surface area contributed by atoms with E-state index in [0.29, 0.717) is 5.75 Å². The zero-order valence-corrected chi connectivity index (χ0v) is 13.7. The van der Waals surface area contributed by atoms with Crippen molar-refractivity contribution in [2.24, 2.45) is 0 Å². The number of benzene rings is 2. The maximum Gasteiger partial charge on any atom is 0.173 e. The van der Waals surface area contributed by atoms with Crippen LogP contribution in [0.3, 0.4) is 0 Å². The quantitative estimate of drug-likeness (QED) is 0.596. The van der Waals surface area contributed by atoms with Crippen molar-refractivity contribution < 1.29 is 9.53 Å². The van der Waals surface area contributed by atoms with Gasteiger partial charge in [0.05, 0.1) is 12.9 Å². The molecule has 0 aliphatic rings. The predicted molar refractivity (Wildman–Crippen MR) is 88.7 cm³/mol.